The molecule has 1 aliphatic rings. The average molecular weight is 305 g/mol. The van der Waals surface area contributed by atoms with Crippen LogP contribution in [0.2, 0.25) is 0 Å². The molecular weight excluding hydrogens is 274 g/mol. The molecule has 0 saturated carbocycles. The number of hydrogen-bond donors (Lipinski definition) is 3. The Morgan fingerprint density at radius 2 is 2.00 bits per heavy atom. The van der Waals surface area contributed by atoms with E-state index in [1.54, 1.807) is 0 Å². The monoisotopic (exact) mass is 305 g/mol. The third-order valence-electron chi connectivity index (χ3n) is 4.33. The second-order valence-corrected chi connectivity index (χ2v) is 6.99. The van der Waals surface area contributed by atoms with Gasteiger partial charge < -0.3 is 5.32 Å². The van der Waals surface area contributed by atoms with Crippen LogP contribution >= 0.6 is 0 Å². The molecule has 124 valence electrons. The highest BCUT2D eigenvalue weighted by Gasteiger charge is 2.21. The minimum atomic E-state index is 0.357. The maximum atomic E-state index is 4.67. The van der Waals surface area contributed by atoms with Gasteiger partial charge in [0.2, 0.25) is 0 Å². The van der Waals surface area contributed by atoms with Crippen molar-refractivity contribution in [3.8, 4) is 0 Å². The fourth-order valence-electron chi connectivity index (χ4n) is 2.71. The first-order valence-corrected chi connectivity index (χ1v) is 8.58. The maximum Gasteiger partial charge on any atom is 0.133 e. The maximum absolute atomic E-state index is 4.67. The molecule has 5 nitrogen and oxygen atoms in total. The van der Waals surface area contributed by atoms with E-state index < -0.39 is 0 Å². The fourth-order valence-corrected chi connectivity index (χ4v) is 2.71. The van der Waals surface area contributed by atoms with Gasteiger partial charge in [-0.1, -0.05) is 27.7 Å². The molecule has 2 unspecified atom stereocenters. The second-order valence-electron chi connectivity index (χ2n) is 6.99. The highest BCUT2D eigenvalue weighted by Crippen LogP contribution is 2.20. The lowest BCUT2D eigenvalue weighted by molar-refractivity contribution is 0.452. The van der Waals surface area contributed by atoms with Gasteiger partial charge in [0.15, 0.2) is 0 Å². The largest absolute Gasteiger partial charge is 0.370 e. The molecule has 22 heavy (non-hydrogen) atoms. The number of anilines is 1. The van der Waals surface area contributed by atoms with Crippen LogP contribution in [0.5, 0.6) is 0 Å². The highest BCUT2D eigenvalue weighted by molar-refractivity contribution is 5.37. The van der Waals surface area contributed by atoms with E-state index in [2.05, 4.69) is 66.8 Å². The molecule has 1 aromatic heterocycles. The van der Waals surface area contributed by atoms with Crippen LogP contribution in [0.4, 0.5) is 5.82 Å². The molecule has 0 radical (unpaired) electrons. The first-order chi connectivity index (χ1) is 10.5. The molecule has 2 rings (SSSR count). The summed E-state index contributed by atoms with van der Waals surface area (Å²) in [6.07, 6.45) is 2.39. The van der Waals surface area contributed by atoms with Gasteiger partial charge in [0.05, 0.1) is 0 Å². The summed E-state index contributed by atoms with van der Waals surface area (Å²) in [5.41, 5.74) is 7.63. The first kappa shape index (κ1) is 17.2. The summed E-state index contributed by atoms with van der Waals surface area (Å²) in [6.45, 7) is 12.9. The van der Waals surface area contributed by atoms with Crippen molar-refractivity contribution >= 4 is 5.82 Å². The lowest BCUT2D eigenvalue weighted by Gasteiger charge is -2.15. The van der Waals surface area contributed by atoms with Gasteiger partial charge in [-0.25, -0.2) is 9.97 Å². The zero-order valence-electron chi connectivity index (χ0n) is 14.6. The van der Waals surface area contributed by atoms with E-state index in [4.69, 9.17) is 0 Å². The second kappa shape index (κ2) is 7.88. The van der Waals surface area contributed by atoms with Crippen LogP contribution in [0.15, 0.2) is 6.07 Å². The topological polar surface area (TPSA) is 61.9 Å². The van der Waals surface area contributed by atoms with Crippen molar-refractivity contribution in [1.82, 2.24) is 20.8 Å². The summed E-state index contributed by atoms with van der Waals surface area (Å²) < 4.78 is 0. The smallest absolute Gasteiger partial charge is 0.133 e. The van der Waals surface area contributed by atoms with Crippen molar-refractivity contribution in [1.29, 1.82) is 0 Å². The summed E-state index contributed by atoms with van der Waals surface area (Å²) in [7, 11) is 0. The first-order valence-electron chi connectivity index (χ1n) is 8.58. The van der Waals surface area contributed by atoms with Crippen molar-refractivity contribution in [2.75, 3.05) is 18.4 Å². The van der Waals surface area contributed by atoms with Gasteiger partial charge >= 0.3 is 0 Å². The molecule has 0 aromatic carbocycles. The van der Waals surface area contributed by atoms with Crippen LogP contribution in [-0.2, 0) is 0 Å². The van der Waals surface area contributed by atoms with Crippen LogP contribution < -0.4 is 16.2 Å². The normalized spacial score (nSPS) is 21.8. The van der Waals surface area contributed by atoms with Gasteiger partial charge in [-0.3, -0.25) is 10.9 Å². The number of nitrogens with one attached hydrogen (secondary N) is 3. The Labute approximate surface area is 134 Å². The summed E-state index contributed by atoms with van der Waals surface area (Å²) in [6, 6.07) is 2.66. The Morgan fingerprint density at radius 1 is 1.23 bits per heavy atom. The van der Waals surface area contributed by atoms with Gasteiger partial charge in [0.1, 0.15) is 11.6 Å². The van der Waals surface area contributed by atoms with Crippen molar-refractivity contribution in [3.05, 3.63) is 17.6 Å². The summed E-state index contributed by atoms with van der Waals surface area (Å²) in [5, 5.41) is 3.48. The number of aromatic nitrogens is 2. The molecule has 0 aliphatic carbocycles. The van der Waals surface area contributed by atoms with Gasteiger partial charge in [0, 0.05) is 36.8 Å². The quantitative estimate of drug-likeness (QED) is 0.676. The van der Waals surface area contributed by atoms with Gasteiger partial charge in [0.25, 0.3) is 0 Å². The molecule has 0 bridgehead atoms. The van der Waals surface area contributed by atoms with Crippen molar-refractivity contribution < 1.29 is 0 Å². The fraction of sp³-hybridized carbons (Fsp3) is 0.765. The Hall–Kier alpha value is -1.20. The molecule has 0 amide bonds. The number of rotatable bonds is 7. The molecule has 2 atom stereocenters. The minimum Gasteiger partial charge on any atom is -0.370 e. The summed E-state index contributed by atoms with van der Waals surface area (Å²) >= 11 is 0. The van der Waals surface area contributed by atoms with E-state index in [9.17, 15) is 0 Å². The number of hydrazine groups is 1. The van der Waals surface area contributed by atoms with Gasteiger partial charge in [-0.05, 0) is 31.6 Å². The lowest BCUT2D eigenvalue weighted by Crippen LogP contribution is -2.28. The predicted molar refractivity (Wildman–Crippen MR) is 92.0 cm³/mol. The Bertz CT molecular complexity index is 446. The van der Waals surface area contributed by atoms with Gasteiger partial charge in [-0.2, -0.15) is 0 Å². The predicted octanol–water partition coefficient (Wildman–Crippen LogP) is 3.03. The Morgan fingerprint density at radius 3 is 2.59 bits per heavy atom. The van der Waals surface area contributed by atoms with Crippen LogP contribution in [0, 0.1) is 5.92 Å². The zero-order valence-corrected chi connectivity index (χ0v) is 14.6. The molecular formula is C17H31N5. The third-order valence-corrected chi connectivity index (χ3v) is 4.33. The Balaban J connectivity index is 1.88. The van der Waals surface area contributed by atoms with E-state index in [1.165, 1.54) is 6.42 Å². The molecule has 3 N–H and O–H groups in total. The number of hydrogen-bond acceptors (Lipinski definition) is 5. The summed E-state index contributed by atoms with van der Waals surface area (Å²) in [4.78, 5) is 9.32. The van der Waals surface area contributed by atoms with Crippen molar-refractivity contribution in [3.63, 3.8) is 0 Å². The Kier molecular flexibility index (Phi) is 6.15. The van der Waals surface area contributed by atoms with Crippen LogP contribution in [0.1, 0.15) is 70.8 Å². The van der Waals surface area contributed by atoms with Crippen molar-refractivity contribution in [2.24, 2.45) is 5.92 Å². The lowest BCUT2D eigenvalue weighted by atomic mass is 9.98. The van der Waals surface area contributed by atoms with E-state index >= 15 is 0 Å². The van der Waals surface area contributed by atoms with E-state index in [0.717, 1.165) is 42.8 Å². The third kappa shape index (κ3) is 4.65. The minimum absolute atomic E-state index is 0.357. The molecule has 1 aliphatic heterocycles. The SMILES string of the molecule is CC(C)c1cc(NCCCC2CNNC2C)nc(C(C)C)n1. The molecule has 2 heterocycles. The summed E-state index contributed by atoms with van der Waals surface area (Å²) in [5.74, 6) is 3.42. The highest BCUT2D eigenvalue weighted by atomic mass is 15.4. The molecule has 1 fully saturated rings. The van der Waals surface area contributed by atoms with Crippen LogP contribution in [0.25, 0.3) is 0 Å². The number of nitrogens with zero attached hydrogens (tertiary/aromatic N) is 2. The molecule has 5 heteroatoms. The zero-order chi connectivity index (χ0) is 16.1. The van der Waals surface area contributed by atoms with Crippen molar-refractivity contribution in [2.45, 2.75) is 65.3 Å². The molecule has 1 aromatic rings. The van der Waals surface area contributed by atoms with Crippen LogP contribution in [0.3, 0.4) is 0 Å². The van der Waals surface area contributed by atoms with Crippen LogP contribution in [-0.4, -0.2) is 29.1 Å². The molecule has 1 saturated heterocycles. The molecule has 0 spiro atoms. The van der Waals surface area contributed by atoms with Gasteiger partial charge in [-0.15, -0.1) is 0 Å². The average Bonchev–Trinajstić information content (AvgIpc) is 2.88. The van der Waals surface area contributed by atoms with E-state index in [1.807, 2.05) is 0 Å². The standard InChI is InChI=1S/C17H31N5/c1-11(2)15-9-16(21-17(20-15)12(3)4)18-8-6-7-14-10-19-22-13(14)5/h9,11-14,19,22H,6-8,10H2,1-5H3,(H,18,20,21). The van der Waals surface area contributed by atoms with E-state index in [-0.39, 0.29) is 0 Å². The van der Waals surface area contributed by atoms with E-state index in [0.29, 0.717) is 17.9 Å².